The molecule has 2 aromatic carbocycles. The molecule has 2 unspecified atom stereocenters. The van der Waals surface area contributed by atoms with Gasteiger partial charge in [0.15, 0.2) is 5.75 Å². The summed E-state index contributed by atoms with van der Waals surface area (Å²) in [5, 5.41) is 10.4. The molecule has 204 valence electrons. The van der Waals surface area contributed by atoms with Crippen LogP contribution in [0.5, 0.6) is 11.5 Å². The SMILES string of the molecule is CC(=O)OC(COc1ccc(C(C)(C)c2cc(Cl)c(OCC(O)CCl)c(Cl)c2)cc1)CN1CCOCC1. The highest BCUT2D eigenvalue weighted by Crippen LogP contribution is 2.40. The summed E-state index contributed by atoms with van der Waals surface area (Å²) in [6.07, 6.45) is -1.18. The average molecular weight is 575 g/mol. The zero-order chi connectivity index (χ0) is 27.0. The van der Waals surface area contributed by atoms with Crippen molar-refractivity contribution < 1.29 is 28.8 Å². The molecule has 7 nitrogen and oxygen atoms in total. The average Bonchev–Trinajstić information content (AvgIpc) is 2.87. The van der Waals surface area contributed by atoms with Crippen LogP contribution in [0.2, 0.25) is 10.0 Å². The number of rotatable bonds is 12. The number of ether oxygens (including phenoxy) is 4. The first-order chi connectivity index (χ1) is 17.6. The Kier molecular flexibility index (Phi) is 11.2. The van der Waals surface area contributed by atoms with Crippen LogP contribution in [0.3, 0.4) is 0 Å². The quantitative estimate of drug-likeness (QED) is 0.284. The summed E-state index contributed by atoms with van der Waals surface area (Å²) in [5.74, 6) is 0.715. The molecule has 1 heterocycles. The van der Waals surface area contributed by atoms with E-state index in [1.165, 1.54) is 6.92 Å². The van der Waals surface area contributed by atoms with E-state index in [1.807, 2.05) is 36.4 Å². The van der Waals surface area contributed by atoms with E-state index in [-0.39, 0.29) is 31.2 Å². The van der Waals surface area contributed by atoms with Gasteiger partial charge < -0.3 is 24.1 Å². The van der Waals surface area contributed by atoms with Crippen LogP contribution >= 0.6 is 34.8 Å². The third-order valence-electron chi connectivity index (χ3n) is 6.23. The van der Waals surface area contributed by atoms with E-state index < -0.39 is 11.5 Å². The highest BCUT2D eigenvalue weighted by Gasteiger charge is 2.26. The lowest BCUT2D eigenvalue weighted by Gasteiger charge is -2.30. The van der Waals surface area contributed by atoms with E-state index in [0.717, 1.165) is 24.2 Å². The lowest BCUT2D eigenvalue weighted by molar-refractivity contribution is -0.149. The molecule has 2 atom stereocenters. The first kappa shape index (κ1) is 29.8. The molecule has 1 aliphatic heterocycles. The van der Waals surface area contributed by atoms with Crippen molar-refractivity contribution in [3.8, 4) is 11.5 Å². The summed E-state index contributed by atoms with van der Waals surface area (Å²) in [7, 11) is 0. The molecule has 10 heteroatoms. The number of aliphatic hydroxyl groups excluding tert-OH is 1. The summed E-state index contributed by atoms with van der Waals surface area (Å²) in [6.45, 7) is 9.36. The van der Waals surface area contributed by atoms with Crippen molar-refractivity contribution in [3.05, 3.63) is 57.6 Å². The van der Waals surface area contributed by atoms with Gasteiger partial charge in [0.2, 0.25) is 0 Å². The first-order valence-electron chi connectivity index (χ1n) is 12.2. The number of aliphatic hydroxyl groups is 1. The smallest absolute Gasteiger partial charge is 0.303 e. The highest BCUT2D eigenvalue weighted by atomic mass is 35.5. The van der Waals surface area contributed by atoms with E-state index in [0.29, 0.717) is 41.3 Å². The monoisotopic (exact) mass is 573 g/mol. The number of hydrogen-bond donors (Lipinski definition) is 1. The van der Waals surface area contributed by atoms with Gasteiger partial charge >= 0.3 is 5.97 Å². The van der Waals surface area contributed by atoms with Crippen LogP contribution in [0.1, 0.15) is 31.9 Å². The van der Waals surface area contributed by atoms with Crippen molar-refractivity contribution in [2.24, 2.45) is 0 Å². The molecule has 0 saturated carbocycles. The Bertz CT molecular complexity index is 1000. The van der Waals surface area contributed by atoms with Crippen molar-refractivity contribution in [1.29, 1.82) is 0 Å². The number of benzene rings is 2. The number of esters is 1. The second kappa shape index (κ2) is 13.9. The van der Waals surface area contributed by atoms with Gasteiger partial charge in [-0.05, 0) is 35.4 Å². The number of alkyl halides is 1. The molecule has 1 N–H and O–H groups in total. The maximum absolute atomic E-state index is 11.6. The maximum Gasteiger partial charge on any atom is 0.303 e. The summed E-state index contributed by atoms with van der Waals surface area (Å²) in [6, 6.07) is 11.4. The Labute approximate surface area is 233 Å². The predicted octanol–water partition coefficient (Wildman–Crippen LogP) is 4.94. The molecule has 0 amide bonds. The lowest BCUT2D eigenvalue weighted by Crippen LogP contribution is -2.43. The number of morpholine rings is 1. The molecule has 1 aliphatic rings. The van der Waals surface area contributed by atoms with Gasteiger partial charge in [0.05, 0.1) is 29.1 Å². The second-order valence-electron chi connectivity index (χ2n) is 9.49. The molecule has 0 spiro atoms. The second-order valence-corrected chi connectivity index (χ2v) is 10.6. The molecular weight excluding hydrogens is 541 g/mol. The Morgan fingerprint density at radius 3 is 2.24 bits per heavy atom. The van der Waals surface area contributed by atoms with Gasteiger partial charge in [-0.15, -0.1) is 11.6 Å². The number of hydrogen-bond acceptors (Lipinski definition) is 7. The molecule has 0 bridgehead atoms. The largest absolute Gasteiger partial charge is 0.490 e. The molecular formula is C27H34Cl3NO6. The topological polar surface area (TPSA) is 77.5 Å². The minimum absolute atomic E-state index is 0.00208. The maximum atomic E-state index is 11.6. The summed E-state index contributed by atoms with van der Waals surface area (Å²) in [5.41, 5.74) is 1.52. The van der Waals surface area contributed by atoms with Crippen LogP contribution in [0.25, 0.3) is 0 Å². The van der Waals surface area contributed by atoms with E-state index in [9.17, 15) is 9.90 Å². The van der Waals surface area contributed by atoms with E-state index in [1.54, 1.807) is 0 Å². The standard InChI is InChI=1S/C27H34Cl3NO6/c1-18(32)37-23(15-31-8-10-34-11-9-31)17-35-22-6-4-19(5-7-22)27(2,3)20-12-24(29)26(25(30)13-20)36-16-21(33)14-28/h4-7,12-13,21,23,33H,8-11,14-17H2,1-3H3. The van der Waals surface area contributed by atoms with Gasteiger partial charge in [-0.3, -0.25) is 9.69 Å². The van der Waals surface area contributed by atoms with E-state index in [4.69, 9.17) is 53.8 Å². The zero-order valence-corrected chi connectivity index (χ0v) is 23.6. The van der Waals surface area contributed by atoms with E-state index in [2.05, 4.69) is 18.7 Å². The van der Waals surface area contributed by atoms with Crippen molar-refractivity contribution in [2.75, 3.05) is 51.9 Å². The predicted molar refractivity (Wildman–Crippen MR) is 146 cm³/mol. The number of carbonyl (C=O) groups is 1. The Balaban J connectivity index is 1.66. The fourth-order valence-electron chi connectivity index (χ4n) is 4.04. The molecule has 1 saturated heterocycles. The molecule has 0 radical (unpaired) electrons. The van der Waals surface area contributed by atoms with Crippen LogP contribution in [0.4, 0.5) is 0 Å². The fraction of sp³-hybridized carbons (Fsp3) is 0.519. The van der Waals surface area contributed by atoms with Crippen LogP contribution < -0.4 is 9.47 Å². The van der Waals surface area contributed by atoms with Crippen molar-refractivity contribution in [3.63, 3.8) is 0 Å². The molecule has 2 aromatic rings. The van der Waals surface area contributed by atoms with Gasteiger partial charge in [0.25, 0.3) is 0 Å². The van der Waals surface area contributed by atoms with Crippen LogP contribution in [-0.2, 0) is 19.7 Å². The molecule has 3 rings (SSSR count). The summed E-state index contributed by atoms with van der Waals surface area (Å²) < 4.78 is 22.4. The van der Waals surface area contributed by atoms with Gasteiger partial charge in [-0.2, -0.15) is 0 Å². The molecule has 1 fully saturated rings. The third kappa shape index (κ3) is 8.63. The minimum Gasteiger partial charge on any atom is -0.490 e. The molecule has 0 aromatic heterocycles. The Morgan fingerprint density at radius 1 is 1.05 bits per heavy atom. The van der Waals surface area contributed by atoms with Crippen LogP contribution in [0.15, 0.2) is 36.4 Å². The van der Waals surface area contributed by atoms with Gasteiger partial charge in [-0.1, -0.05) is 49.2 Å². The van der Waals surface area contributed by atoms with Crippen LogP contribution in [0, 0.1) is 0 Å². The fourth-order valence-corrected chi connectivity index (χ4v) is 4.72. The van der Waals surface area contributed by atoms with Crippen molar-refractivity contribution >= 4 is 40.8 Å². The van der Waals surface area contributed by atoms with Crippen molar-refractivity contribution in [2.45, 2.75) is 38.4 Å². The lowest BCUT2D eigenvalue weighted by atomic mass is 9.78. The zero-order valence-electron chi connectivity index (χ0n) is 21.3. The van der Waals surface area contributed by atoms with Crippen molar-refractivity contribution in [1.82, 2.24) is 4.90 Å². The summed E-state index contributed by atoms with van der Waals surface area (Å²) in [4.78, 5) is 13.8. The minimum atomic E-state index is -0.811. The number of nitrogens with zero attached hydrogens (tertiary/aromatic N) is 1. The molecule has 0 aliphatic carbocycles. The van der Waals surface area contributed by atoms with Crippen LogP contribution in [-0.4, -0.2) is 80.1 Å². The number of halogens is 3. The highest BCUT2D eigenvalue weighted by molar-refractivity contribution is 6.37. The third-order valence-corrected chi connectivity index (χ3v) is 7.15. The van der Waals surface area contributed by atoms with Gasteiger partial charge in [0, 0.05) is 32.0 Å². The summed E-state index contributed by atoms with van der Waals surface area (Å²) >= 11 is 18.6. The normalized spacial score (nSPS) is 16.2. The Hall–Kier alpha value is -1.74. The van der Waals surface area contributed by atoms with Gasteiger partial charge in [0.1, 0.15) is 31.2 Å². The van der Waals surface area contributed by atoms with Gasteiger partial charge in [-0.25, -0.2) is 0 Å². The first-order valence-corrected chi connectivity index (χ1v) is 13.5. The Morgan fingerprint density at radius 2 is 1.68 bits per heavy atom. The van der Waals surface area contributed by atoms with E-state index >= 15 is 0 Å². The number of carbonyl (C=O) groups excluding carboxylic acids is 1. The molecule has 37 heavy (non-hydrogen) atoms.